The Morgan fingerprint density at radius 3 is 1.05 bits per heavy atom. The van der Waals surface area contributed by atoms with Crippen molar-refractivity contribution in [2.45, 2.75) is 169 Å². The molecule has 1 heterocycles. The molecule has 1 saturated heterocycles. The molecule has 0 bridgehead atoms. The van der Waals surface area contributed by atoms with Gasteiger partial charge in [-0.05, 0) is 25.7 Å². The van der Waals surface area contributed by atoms with E-state index in [1.165, 1.54) is 103 Å². The summed E-state index contributed by atoms with van der Waals surface area (Å²) in [7, 11) is 0. The minimum Gasteiger partial charge on any atom is -0.360 e. The smallest absolute Gasteiger partial charge is 0.337 e. The summed E-state index contributed by atoms with van der Waals surface area (Å²) < 4.78 is 11.5. The molecule has 1 fully saturated rings. The number of hydrogen-bond donors (Lipinski definition) is 0. The van der Waals surface area contributed by atoms with Crippen LogP contribution in [0.4, 0.5) is 4.79 Å². The van der Waals surface area contributed by atoms with Crippen LogP contribution in [0.2, 0.25) is 0 Å². The highest BCUT2D eigenvalue weighted by Gasteiger charge is 2.55. The van der Waals surface area contributed by atoms with Crippen molar-refractivity contribution in [3.05, 3.63) is 0 Å². The van der Waals surface area contributed by atoms with Gasteiger partial charge in [0, 0.05) is 13.2 Å². The van der Waals surface area contributed by atoms with E-state index < -0.39 is 23.3 Å². The lowest BCUT2D eigenvalue weighted by Gasteiger charge is -2.42. The number of hydrogen-bond acceptors (Lipinski definition) is 5. The maximum atomic E-state index is 13.3. The Bertz CT molecular complexity index is 643. The predicted octanol–water partition coefficient (Wildman–Crippen LogP) is 9.37. The van der Waals surface area contributed by atoms with Gasteiger partial charge in [-0.3, -0.25) is 9.59 Å². The Morgan fingerprint density at radius 2 is 0.756 bits per heavy atom. The van der Waals surface area contributed by atoms with Gasteiger partial charge >= 0.3 is 6.03 Å². The van der Waals surface area contributed by atoms with E-state index >= 15 is 0 Å². The SMILES string of the molecule is CCCCCCCCCCCCOCN1C(=O)N(COCCCCCCCCCCCC)C(=O)C(CC)(CC)C1=O. The fourth-order valence-corrected chi connectivity index (χ4v) is 5.70. The summed E-state index contributed by atoms with van der Waals surface area (Å²) >= 11 is 0. The summed E-state index contributed by atoms with van der Waals surface area (Å²) in [5.41, 5.74) is -1.23. The van der Waals surface area contributed by atoms with Gasteiger partial charge in [0.25, 0.3) is 0 Å². The van der Waals surface area contributed by atoms with Crippen molar-refractivity contribution in [2.24, 2.45) is 5.41 Å². The maximum Gasteiger partial charge on any atom is 0.337 e. The van der Waals surface area contributed by atoms with Crippen LogP contribution in [-0.2, 0) is 19.1 Å². The standard InChI is InChI=1S/C34H64N2O5/c1-5-9-11-13-15-17-19-21-23-25-27-40-29-35-31(37)34(7-3,8-4)32(38)36(33(35)39)30-41-28-26-24-22-20-18-16-14-12-10-6-2/h5-30H2,1-4H3. The van der Waals surface area contributed by atoms with Crippen LogP contribution in [0, 0.1) is 5.41 Å². The first kappa shape index (κ1) is 37.6. The normalized spacial score (nSPS) is 15.4. The third-order valence-electron chi connectivity index (χ3n) is 8.70. The zero-order chi connectivity index (χ0) is 30.2. The lowest BCUT2D eigenvalue weighted by Crippen LogP contribution is -2.65. The van der Waals surface area contributed by atoms with Crippen LogP contribution in [0.15, 0.2) is 0 Å². The Hall–Kier alpha value is -1.47. The molecule has 240 valence electrons. The third-order valence-corrected chi connectivity index (χ3v) is 8.70. The van der Waals surface area contributed by atoms with Crippen LogP contribution >= 0.6 is 0 Å². The Kier molecular flexibility index (Phi) is 22.0. The van der Waals surface area contributed by atoms with Crippen molar-refractivity contribution in [3.8, 4) is 0 Å². The molecular formula is C34H64N2O5. The highest BCUT2D eigenvalue weighted by Crippen LogP contribution is 2.36. The maximum absolute atomic E-state index is 13.3. The van der Waals surface area contributed by atoms with Gasteiger partial charge in [0.1, 0.15) is 18.9 Å². The van der Waals surface area contributed by atoms with Crippen LogP contribution < -0.4 is 0 Å². The van der Waals surface area contributed by atoms with Gasteiger partial charge in [0.2, 0.25) is 11.8 Å². The average Bonchev–Trinajstić information content (AvgIpc) is 2.98. The van der Waals surface area contributed by atoms with E-state index in [-0.39, 0.29) is 13.5 Å². The first-order chi connectivity index (χ1) is 20.0. The third kappa shape index (κ3) is 14.0. The zero-order valence-electron chi connectivity index (χ0n) is 27.3. The van der Waals surface area contributed by atoms with Crippen molar-refractivity contribution >= 4 is 17.8 Å². The Morgan fingerprint density at radius 1 is 0.463 bits per heavy atom. The molecule has 0 aromatic heterocycles. The molecule has 0 N–H and O–H groups in total. The van der Waals surface area contributed by atoms with Crippen molar-refractivity contribution in [1.82, 2.24) is 9.80 Å². The van der Waals surface area contributed by atoms with Gasteiger partial charge < -0.3 is 9.47 Å². The number of urea groups is 1. The van der Waals surface area contributed by atoms with Gasteiger partial charge in [0.15, 0.2) is 0 Å². The van der Waals surface area contributed by atoms with Crippen LogP contribution in [0.1, 0.15) is 169 Å². The van der Waals surface area contributed by atoms with E-state index in [9.17, 15) is 14.4 Å². The number of carbonyl (C=O) groups excluding carboxylic acids is 3. The molecule has 1 aliphatic rings. The van der Waals surface area contributed by atoms with Crippen LogP contribution in [-0.4, -0.2) is 54.3 Å². The molecule has 0 spiro atoms. The highest BCUT2D eigenvalue weighted by molar-refractivity contribution is 6.18. The molecule has 0 radical (unpaired) electrons. The van der Waals surface area contributed by atoms with Gasteiger partial charge in [-0.2, -0.15) is 0 Å². The summed E-state index contributed by atoms with van der Waals surface area (Å²) in [5.74, 6) is -0.877. The van der Waals surface area contributed by atoms with Crippen LogP contribution in [0.5, 0.6) is 0 Å². The number of rotatable bonds is 28. The number of unbranched alkanes of at least 4 members (excludes halogenated alkanes) is 18. The molecule has 0 unspecified atom stereocenters. The second-order valence-corrected chi connectivity index (χ2v) is 12.0. The van der Waals surface area contributed by atoms with Crippen molar-refractivity contribution in [3.63, 3.8) is 0 Å². The highest BCUT2D eigenvalue weighted by atomic mass is 16.5. The molecular weight excluding hydrogens is 516 g/mol. The predicted molar refractivity (Wildman–Crippen MR) is 167 cm³/mol. The second kappa shape index (κ2) is 24.0. The summed E-state index contributed by atoms with van der Waals surface area (Å²) in [4.78, 5) is 42.1. The van der Waals surface area contributed by atoms with E-state index in [2.05, 4.69) is 13.8 Å². The molecule has 1 rings (SSSR count). The lowest BCUT2D eigenvalue weighted by molar-refractivity contribution is -0.166. The number of amides is 4. The topological polar surface area (TPSA) is 76.2 Å². The number of ether oxygens (including phenoxy) is 2. The van der Waals surface area contributed by atoms with Crippen LogP contribution in [0.3, 0.4) is 0 Å². The Balaban J connectivity index is 2.37. The van der Waals surface area contributed by atoms with Gasteiger partial charge in [-0.1, -0.05) is 143 Å². The molecule has 0 aliphatic carbocycles. The van der Waals surface area contributed by atoms with Gasteiger partial charge in [-0.15, -0.1) is 0 Å². The van der Waals surface area contributed by atoms with E-state index in [4.69, 9.17) is 9.47 Å². The summed E-state index contributed by atoms with van der Waals surface area (Å²) in [6.07, 6.45) is 25.4. The molecule has 41 heavy (non-hydrogen) atoms. The minimum atomic E-state index is -1.23. The molecule has 7 heteroatoms. The molecule has 4 amide bonds. The van der Waals surface area contributed by atoms with Gasteiger partial charge in [0.05, 0.1) is 0 Å². The van der Waals surface area contributed by atoms with Crippen molar-refractivity contribution in [2.75, 3.05) is 26.7 Å². The van der Waals surface area contributed by atoms with E-state index in [0.717, 1.165) is 35.5 Å². The first-order valence-electron chi connectivity index (χ1n) is 17.3. The number of barbiturate groups is 1. The fraction of sp³-hybridized carbons (Fsp3) is 0.912. The molecule has 0 aromatic carbocycles. The largest absolute Gasteiger partial charge is 0.360 e. The minimum absolute atomic E-state index is 0.112. The molecule has 7 nitrogen and oxygen atoms in total. The van der Waals surface area contributed by atoms with E-state index in [1.54, 1.807) is 0 Å². The summed E-state index contributed by atoms with van der Waals surface area (Å²) in [5, 5.41) is 0. The number of nitrogens with zero attached hydrogens (tertiary/aromatic N) is 2. The quantitative estimate of drug-likeness (QED) is 0.0680. The first-order valence-corrected chi connectivity index (χ1v) is 17.3. The fourth-order valence-electron chi connectivity index (χ4n) is 5.70. The van der Waals surface area contributed by atoms with E-state index in [0.29, 0.717) is 26.1 Å². The number of carbonyl (C=O) groups is 3. The van der Waals surface area contributed by atoms with Crippen LogP contribution in [0.25, 0.3) is 0 Å². The molecule has 1 aliphatic heterocycles. The average molecular weight is 581 g/mol. The summed E-state index contributed by atoms with van der Waals surface area (Å²) in [6, 6.07) is -0.622. The Labute approximate surface area is 252 Å². The molecule has 0 saturated carbocycles. The van der Waals surface area contributed by atoms with Gasteiger partial charge in [-0.25, -0.2) is 14.6 Å². The van der Waals surface area contributed by atoms with E-state index in [1.807, 2.05) is 13.8 Å². The summed E-state index contributed by atoms with van der Waals surface area (Å²) in [6.45, 7) is 8.94. The zero-order valence-corrected chi connectivity index (χ0v) is 27.3. The second-order valence-electron chi connectivity index (χ2n) is 12.0. The van der Waals surface area contributed by atoms with Crippen molar-refractivity contribution in [1.29, 1.82) is 0 Å². The molecule has 0 aromatic rings. The molecule has 0 atom stereocenters. The van der Waals surface area contributed by atoms with Crippen molar-refractivity contribution < 1.29 is 23.9 Å². The monoisotopic (exact) mass is 580 g/mol. The number of imide groups is 2. The lowest BCUT2D eigenvalue weighted by atomic mass is 9.78.